The predicted octanol–water partition coefficient (Wildman–Crippen LogP) is 3.71. The van der Waals surface area contributed by atoms with Crippen LogP contribution in [0.5, 0.6) is 0 Å². The third kappa shape index (κ3) is 6.07. The highest BCUT2D eigenvalue weighted by molar-refractivity contribution is 5.96. The van der Waals surface area contributed by atoms with E-state index in [-0.39, 0.29) is 31.9 Å². The average Bonchev–Trinajstić information content (AvgIpc) is 2.76. The minimum atomic E-state index is -0.458. The van der Waals surface area contributed by atoms with Gasteiger partial charge in [-0.15, -0.1) is 0 Å². The zero-order chi connectivity index (χ0) is 21.3. The molecule has 2 aromatic carbocycles. The number of aliphatic hydroxyl groups excluding tert-OH is 1. The third-order valence-electron chi connectivity index (χ3n) is 4.98. The Hall–Kier alpha value is -2.86. The van der Waals surface area contributed by atoms with Crippen LogP contribution in [0, 0.1) is 5.92 Å². The van der Waals surface area contributed by atoms with Crippen LogP contribution in [-0.4, -0.2) is 42.4 Å². The second kappa shape index (κ2) is 10.8. The van der Waals surface area contributed by atoms with E-state index < -0.39 is 6.09 Å². The number of carbonyl (C=O) groups excluding carboxylic acids is 1. The molecule has 0 bridgehead atoms. The molecule has 2 atom stereocenters. The smallest absolute Gasteiger partial charge is 0.407 e. The first kappa shape index (κ1) is 21.8. The van der Waals surface area contributed by atoms with Crippen LogP contribution in [0.15, 0.2) is 59.6 Å². The van der Waals surface area contributed by atoms with E-state index >= 15 is 0 Å². The number of alkyl carbamates (subject to hydrolysis) is 1. The summed E-state index contributed by atoms with van der Waals surface area (Å²) < 4.78 is 11.6. The lowest BCUT2D eigenvalue weighted by molar-refractivity contribution is 0.0979. The first-order chi connectivity index (χ1) is 14.6. The van der Waals surface area contributed by atoms with Gasteiger partial charge in [-0.2, -0.15) is 0 Å². The molecule has 0 saturated heterocycles. The lowest BCUT2D eigenvalue weighted by atomic mass is 9.91. The van der Waals surface area contributed by atoms with Gasteiger partial charge in [0.2, 0.25) is 5.90 Å². The van der Waals surface area contributed by atoms with Gasteiger partial charge < -0.3 is 19.9 Å². The maximum atomic E-state index is 12.5. The second-order valence-corrected chi connectivity index (χ2v) is 7.87. The molecule has 30 heavy (non-hydrogen) atoms. The molecular formula is C24H30N2O4. The number of amides is 1. The van der Waals surface area contributed by atoms with Crippen molar-refractivity contribution >= 4 is 12.0 Å². The van der Waals surface area contributed by atoms with E-state index in [2.05, 4.69) is 30.2 Å². The van der Waals surface area contributed by atoms with Gasteiger partial charge in [-0.1, -0.05) is 62.4 Å². The number of hydrogen-bond acceptors (Lipinski definition) is 5. The molecule has 6 nitrogen and oxygen atoms in total. The van der Waals surface area contributed by atoms with Crippen molar-refractivity contribution in [3.8, 4) is 0 Å². The quantitative estimate of drug-likeness (QED) is 0.695. The average molecular weight is 411 g/mol. The molecule has 0 spiro atoms. The molecule has 1 aliphatic rings. The first-order valence-corrected chi connectivity index (χ1v) is 10.4. The van der Waals surface area contributed by atoms with Crippen molar-refractivity contribution < 1.29 is 19.4 Å². The van der Waals surface area contributed by atoms with E-state index in [1.165, 1.54) is 0 Å². The van der Waals surface area contributed by atoms with Crippen LogP contribution < -0.4 is 5.32 Å². The van der Waals surface area contributed by atoms with Crippen molar-refractivity contribution in [2.24, 2.45) is 10.9 Å². The van der Waals surface area contributed by atoms with Crippen LogP contribution >= 0.6 is 0 Å². The molecule has 0 saturated carbocycles. The monoisotopic (exact) mass is 410 g/mol. The van der Waals surface area contributed by atoms with Crippen LogP contribution in [0.3, 0.4) is 0 Å². The Morgan fingerprint density at radius 3 is 2.67 bits per heavy atom. The standard InChI is InChI=1S/C24H30N2O4/c1-17(2)14-21(26-24(28)29-16-18-8-4-3-5-9-18)22-15-19-10-6-7-11-20(19)23(30-22)25-12-13-27/h3-11,17,21-22,27H,12-16H2,1-2H3,(H,26,28)/t21-,22-/m0/s1. The number of nitrogens with one attached hydrogen (secondary N) is 1. The summed E-state index contributed by atoms with van der Waals surface area (Å²) in [7, 11) is 0. The molecule has 0 fully saturated rings. The molecule has 0 radical (unpaired) electrons. The summed E-state index contributed by atoms with van der Waals surface area (Å²) in [5.41, 5.74) is 3.00. The Labute approximate surface area is 177 Å². The number of fused-ring (bicyclic) bond motifs is 1. The van der Waals surface area contributed by atoms with Gasteiger partial charge in [0, 0.05) is 12.0 Å². The summed E-state index contributed by atoms with van der Waals surface area (Å²) in [6.45, 7) is 4.68. The normalized spacial score (nSPS) is 17.9. The Kier molecular flexibility index (Phi) is 7.85. The van der Waals surface area contributed by atoms with Crippen LogP contribution in [0.4, 0.5) is 4.79 Å². The largest absolute Gasteiger partial charge is 0.472 e. The number of carbonyl (C=O) groups is 1. The molecule has 160 valence electrons. The van der Waals surface area contributed by atoms with E-state index in [1.807, 2.05) is 48.5 Å². The van der Waals surface area contributed by atoms with Crippen molar-refractivity contribution in [2.45, 2.75) is 45.4 Å². The summed E-state index contributed by atoms with van der Waals surface area (Å²) in [5.74, 6) is 0.882. The Morgan fingerprint density at radius 2 is 1.93 bits per heavy atom. The summed E-state index contributed by atoms with van der Waals surface area (Å²) in [5, 5.41) is 12.2. The fourth-order valence-corrected chi connectivity index (χ4v) is 3.60. The molecular weight excluding hydrogens is 380 g/mol. The molecule has 2 N–H and O–H groups in total. The number of aliphatic hydroxyl groups is 1. The highest BCUT2D eigenvalue weighted by Gasteiger charge is 2.32. The highest BCUT2D eigenvalue weighted by Crippen LogP contribution is 2.25. The molecule has 6 heteroatoms. The van der Waals surface area contributed by atoms with Gasteiger partial charge in [-0.05, 0) is 29.5 Å². The van der Waals surface area contributed by atoms with Gasteiger partial charge in [-0.25, -0.2) is 9.79 Å². The maximum Gasteiger partial charge on any atom is 0.407 e. The Balaban J connectivity index is 1.72. The molecule has 0 unspecified atom stereocenters. The van der Waals surface area contributed by atoms with Gasteiger partial charge in [0.25, 0.3) is 0 Å². The van der Waals surface area contributed by atoms with E-state index in [9.17, 15) is 9.90 Å². The summed E-state index contributed by atoms with van der Waals surface area (Å²) >= 11 is 0. The molecule has 1 aliphatic heterocycles. The molecule has 3 rings (SSSR count). The first-order valence-electron chi connectivity index (χ1n) is 10.4. The number of ether oxygens (including phenoxy) is 2. The second-order valence-electron chi connectivity index (χ2n) is 7.87. The van der Waals surface area contributed by atoms with Gasteiger partial charge >= 0.3 is 6.09 Å². The van der Waals surface area contributed by atoms with Crippen LogP contribution in [0.25, 0.3) is 0 Å². The van der Waals surface area contributed by atoms with Crippen molar-refractivity contribution in [1.82, 2.24) is 5.32 Å². The maximum absolute atomic E-state index is 12.5. The topological polar surface area (TPSA) is 80.2 Å². The molecule has 2 aromatic rings. The summed E-state index contributed by atoms with van der Waals surface area (Å²) in [6.07, 6.45) is 0.704. The number of hydrogen-bond donors (Lipinski definition) is 2. The zero-order valence-electron chi connectivity index (χ0n) is 17.6. The minimum Gasteiger partial charge on any atom is -0.472 e. The molecule has 1 amide bonds. The van der Waals surface area contributed by atoms with Gasteiger partial charge in [0.05, 0.1) is 19.2 Å². The van der Waals surface area contributed by atoms with Gasteiger partial charge in [0.15, 0.2) is 0 Å². The van der Waals surface area contributed by atoms with E-state index in [0.717, 1.165) is 23.1 Å². The fraction of sp³-hybridized carbons (Fsp3) is 0.417. The molecule has 1 heterocycles. The van der Waals surface area contributed by atoms with Crippen molar-refractivity contribution in [2.75, 3.05) is 13.2 Å². The van der Waals surface area contributed by atoms with Crippen LogP contribution in [0.1, 0.15) is 37.0 Å². The van der Waals surface area contributed by atoms with Crippen molar-refractivity contribution in [1.29, 1.82) is 0 Å². The SMILES string of the molecule is CC(C)C[C@H](NC(=O)OCc1ccccc1)[C@@H]1Cc2ccccc2C(=NCCO)O1. The highest BCUT2D eigenvalue weighted by atomic mass is 16.5. The van der Waals surface area contributed by atoms with Crippen molar-refractivity contribution in [3.05, 3.63) is 71.3 Å². The number of benzene rings is 2. The number of aliphatic imine (C=N–C) groups is 1. The van der Waals surface area contributed by atoms with Gasteiger partial charge in [-0.3, -0.25) is 0 Å². The zero-order valence-corrected chi connectivity index (χ0v) is 17.6. The summed E-state index contributed by atoms with van der Waals surface area (Å²) in [4.78, 5) is 16.9. The van der Waals surface area contributed by atoms with E-state index in [0.29, 0.717) is 18.2 Å². The third-order valence-corrected chi connectivity index (χ3v) is 4.98. The Morgan fingerprint density at radius 1 is 1.20 bits per heavy atom. The predicted molar refractivity (Wildman–Crippen MR) is 117 cm³/mol. The fourth-order valence-electron chi connectivity index (χ4n) is 3.60. The summed E-state index contributed by atoms with van der Waals surface area (Å²) in [6, 6.07) is 17.3. The Bertz CT molecular complexity index is 851. The lowest BCUT2D eigenvalue weighted by Crippen LogP contribution is -2.48. The van der Waals surface area contributed by atoms with Crippen LogP contribution in [-0.2, 0) is 22.5 Å². The van der Waals surface area contributed by atoms with E-state index in [1.54, 1.807) is 0 Å². The van der Waals surface area contributed by atoms with E-state index in [4.69, 9.17) is 9.47 Å². The minimum absolute atomic E-state index is 0.0425. The lowest BCUT2D eigenvalue weighted by Gasteiger charge is -2.34. The van der Waals surface area contributed by atoms with Crippen molar-refractivity contribution in [3.63, 3.8) is 0 Å². The van der Waals surface area contributed by atoms with Crippen LogP contribution in [0.2, 0.25) is 0 Å². The van der Waals surface area contributed by atoms with Gasteiger partial charge in [0.1, 0.15) is 12.7 Å². The molecule has 0 aliphatic carbocycles. The number of rotatable bonds is 8. The number of nitrogens with zero attached hydrogens (tertiary/aromatic N) is 1. The molecule has 0 aromatic heterocycles.